The van der Waals surface area contributed by atoms with Crippen LogP contribution < -0.4 is 0 Å². The van der Waals surface area contributed by atoms with Gasteiger partial charge in [-0.05, 0) is 61.7 Å². The molecule has 2 aliphatic rings. The van der Waals surface area contributed by atoms with E-state index in [1.807, 2.05) is 58.0 Å². The van der Waals surface area contributed by atoms with Gasteiger partial charge in [0.15, 0.2) is 5.78 Å². The average molecular weight is 633 g/mol. The average Bonchev–Trinajstić information content (AvgIpc) is 2.79. The van der Waals surface area contributed by atoms with E-state index >= 15 is 0 Å². The number of hydrogen-bond donors (Lipinski definition) is 1. The summed E-state index contributed by atoms with van der Waals surface area (Å²) in [6.07, 6.45) is 4.04. The second-order valence-electron chi connectivity index (χ2n) is 10.8. The van der Waals surface area contributed by atoms with E-state index in [-0.39, 0.29) is 36.7 Å². The van der Waals surface area contributed by atoms with Crippen molar-refractivity contribution in [3.63, 3.8) is 0 Å². The molecule has 3 nitrogen and oxygen atoms in total. The predicted molar refractivity (Wildman–Crippen MR) is 135 cm³/mol. The molecule has 1 fully saturated rings. The Morgan fingerprint density at radius 2 is 1.68 bits per heavy atom. The molecule has 1 aromatic heterocycles. The van der Waals surface area contributed by atoms with Gasteiger partial charge in [-0.2, -0.15) is 0 Å². The van der Waals surface area contributed by atoms with Crippen LogP contribution in [0.25, 0.3) is 22.2 Å². The van der Waals surface area contributed by atoms with Crippen LogP contribution >= 0.6 is 0 Å². The molecule has 0 spiro atoms. The Morgan fingerprint density at radius 3 is 2.35 bits per heavy atom. The number of pyridine rings is 1. The molecule has 1 heterocycles. The standard InChI is InChI=1S/C16H12N.C14H22O2.Ir/c1-12-7-9-16-14(11-12)8-10-15(17-16)13-5-3-2-4-6-13;1-13(2)7-5-9-6-8-14(3,4)12(16)10(9)11(13)15;/h2-5,7-11H,1H3;9,15H,5-8H2,1-4H3;/q-1;;. The van der Waals surface area contributed by atoms with Crippen LogP contribution in [0.3, 0.4) is 0 Å². The van der Waals surface area contributed by atoms with Gasteiger partial charge >= 0.3 is 0 Å². The van der Waals surface area contributed by atoms with Gasteiger partial charge in [0.1, 0.15) is 5.76 Å². The fraction of sp³-hybridized carbons (Fsp3) is 0.400. The Bertz CT molecular complexity index is 1210. The second-order valence-corrected chi connectivity index (χ2v) is 10.8. The molecular formula is C30H34IrNO2-. The number of Topliss-reactive ketones (excluding diaryl/α,β-unsaturated/α-hetero) is 1. The molecule has 181 valence electrons. The van der Waals surface area contributed by atoms with Crippen molar-refractivity contribution >= 4 is 16.7 Å². The van der Waals surface area contributed by atoms with Crippen molar-refractivity contribution in [2.24, 2.45) is 16.7 Å². The largest absolute Gasteiger partial charge is 0.511 e. The minimum Gasteiger partial charge on any atom is -0.511 e. The van der Waals surface area contributed by atoms with Gasteiger partial charge in [-0.1, -0.05) is 51.5 Å². The molecule has 1 atom stereocenters. The second kappa shape index (κ2) is 10.1. The molecule has 2 aliphatic carbocycles. The number of ketones is 1. The third kappa shape index (κ3) is 5.34. The number of rotatable bonds is 1. The first-order valence-electron chi connectivity index (χ1n) is 11.9. The number of aliphatic hydroxyl groups excluding tert-OH is 1. The molecule has 34 heavy (non-hydrogen) atoms. The molecule has 1 N–H and O–H groups in total. The summed E-state index contributed by atoms with van der Waals surface area (Å²) in [5.41, 5.74) is 4.55. The zero-order chi connectivity index (χ0) is 23.8. The number of fused-ring (bicyclic) bond motifs is 2. The van der Waals surface area contributed by atoms with Crippen molar-refractivity contribution < 1.29 is 30.0 Å². The maximum atomic E-state index is 12.4. The fourth-order valence-electron chi connectivity index (χ4n) is 4.90. The third-order valence-corrected chi connectivity index (χ3v) is 7.23. The topological polar surface area (TPSA) is 50.2 Å². The summed E-state index contributed by atoms with van der Waals surface area (Å²) < 4.78 is 0. The van der Waals surface area contributed by atoms with Crippen molar-refractivity contribution in [2.45, 2.75) is 60.3 Å². The molecule has 3 aromatic rings. The zero-order valence-corrected chi connectivity index (χ0v) is 23.1. The van der Waals surface area contributed by atoms with Crippen LogP contribution in [-0.2, 0) is 24.9 Å². The van der Waals surface area contributed by atoms with Crippen LogP contribution in [0.5, 0.6) is 0 Å². The number of benzene rings is 2. The van der Waals surface area contributed by atoms with E-state index in [2.05, 4.69) is 42.2 Å². The third-order valence-electron chi connectivity index (χ3n) is 7.23. The Balaban J connectivity index is 0.000000186. The molecule has 0 aliphatic heterocycles. The van der Waals surface area contributed by atoms with Gasteiger partial charge in [-0.15, -0.1) is 35.9 Å². The van der Waals surface area contributed by atoms with Crippen molar-refractivity contribution in [2.75, 3.05) is 0 Å². The zero-order valence-electron chi connectivity index (χ0n) is 20.7. The van der Waals surface area contributed by atoms with E-state index in [1.54, 1.807) is 0 Å². The minimum atomic E-state index is -0.284. The predicted octanol–water partition coefficient (Wildman–Crippen LogP) is 7.63. The summed E-state index contributed by atoms with van der Waals surface area (Å²) in [4.78, 5) is 17.0. The summed E-state index contributed by atoms with van der Waals surface area (Å²) in [5, 5.41) is 11.5. The number of allylic oxidation sites excluding steroid dienone is 2. The number of hydrogen-bond acceptors (Lipinski definition) is 3. The van der Waals surface area contributed by atoms with Gasteiger partial charge in [-0.25, -0.2) is 0 Å². The van der Waals surface area contributed by atoms with Crippen LogP contribution in [0.15, 0.2) is 65.9 Å². The first-order valence-corrected chi connectivity index (χ1v) is 11.9. The maximum absolute atomic E-state index is 12.4. The molecule has 2 aromatic carbocycles. The van der Waals surface area contributed by atoms with Crippen molar-refractivity contribution in [3.8, 4) is 11.3 Å². The normalized spacial score (nSPS) is 20.6. The summed E-state index contributed by atoms with van der Waals surface area (Å²) in [6.45, 7) is 10.1. The summed E-state index contributed by atoms with van der Waals surface area (Å²) in [6, 6.07) is 21.6. The molecule has 1 radical (unpaired) electrons. The van der Waals surface area contributed by atoms with E-state index < -0.39 is 0 Å². The van der Waals surface area contributed by atoms with Crippen LogP contribution in [0.1, 0.15) is 58.9 Å². The molecule has 5 rings (SSSR count). The fourth-order valence-corrected chi connectivity index (χ4v) is 4.90. The summed E-state index contributed by atoms with van der Waals surface area (Å²) >= 11 is 0. The molecule has 0 bridgehead atoms. The maximum Gasteiger partial charge on any atom is 0.168 e. The van der Waals surface area contributed by atoms with Crippen LogP contribution in [0.2, 0.25) is 0 Å². The van der Waals surface area contributed by atoms with Gasteiger partial charge < -0.3 is 5.11 Å². The smallest absolute Gasteiger partial charge is 0.168 e. The van der Waals surface area contributed by atoms with Gasteiger partial charge in [0.25, 0.3) is 0 Å². The number of aromatic nitrogens is 1. The van der Waals surface area contributed by atoms with Crippen molar-refractivity contribution in [3.05, 3.63) is 77.6 Å². The van der Waals surface area contributed by atoms with Crippen molar-refractivity contribution in [1.82, 2.24) is 4.98 Å². The molecule has 1 unspecified atom stereocenters. The summed E-state index contributed by atoms with van der Waals surface area (Å²) in [7, 11) is 0. The molecular weight excluding hydrogens is 599 g/mol. The molecule has 4 heteroatoms. The van der Waals surface area contributed by atoms with E-state index in [4.69, 9.17) is 0 Å². The first kappa shape index (κ1) is 26.3. The van der Waals surface area contributed by atoms with E-state index in [9.17, 15) is 9.90 Å². The SMILES string of the molecule is CC1(C)CCC2CCC(C)(C)C(O)=C2C1=O.Cc1ccc2nc(-c3[c-]cccc3)ccc2c1.[Ir]. The number of carbonyl (C=O) groups excluding carboxylic acids is 1. The Morgan fingerprint density at radius 1 is 0.971 bits per heavy atom. The minimum absolute atomic E-state index is 0. The molecule has 1 saturated carbocycles. The first-order chi connectivity index (χ1) is 15.6. The monoisotopic (exact) mass is 633 g/mol. The summed E-state index contributed by atoms with van der Waals surface area (Å²) in [5.74, 6) is 0.851. The quantitative estimate of drug-likeness (QED) is 0.281. The van der Waals surface area contributed by atoms with Crippen LogP contribution in [-0.4, -0.2) is 15.9 Å². The van der Waals surface area contributed by atoms with Crippen LogP contribution in [0.4, 0.5) is 0 Å². The van der Waals surface area contributed by atoms with Crippen molar-refractivity contribution in [1.29, 1.82) is 0 Å². The number of aliphatic hydroxyl groups is 1. The number of nitrogens with zero attached hydrogens (tertiary/aromatic N) is 1. The Kier molecular flexibility index (Phi) is 7.85. The Labute approximate surface area is 217 Å². The van der Waals surface area contributed by atoms with E-state index in [1.165, 1.54) is 10.9 Å². The van der Waals surface area contributed by atoms with Gasteiger partial charge in [0.2, 0.25) is 0 Å². The molecule has 0 amide bonds. The van der Waals surface area contributed by atoms with E-state index in [0.717, 1.165) is 48.0 Å². The number of aryl methyl sites for hydroxylation is 1. The van der Waals surface area contributed by atoms with Gasteiger partial charge in [0.05, 0.1) is 5.52 Å². The van der Waals surface area contributed by atoms with Crippen LogP contribution in [0, 0.1) is 29.7 Å². The number of carbonyl (C=O) groups is 1. The van der Waals surface area contributed by atoms with Gasteiger partial charge in [-0.3, -0.25) is 9.78 Å². The van der Waals surface area contributed by atoms with E-state index in [0.29, 0.717) is 11.7 Å². The molecule has 0 saturated heterocycles. The Hall–Kier alpha value is -2.29. The van der Waals surface area contributed by atoms with Gasteiger partial charge in [0, 0.05) is 36.5 Å².